The van der Waals surface area contributed by atoms with E-state index in [-0.39, 0.29) is 5.69 Å². The third-order valence-electron chi connectivity index (χ3n) is 1.97. The van der Waals surface area contributed by atoms with Crippen LogP contribution < -0.4 is 21.9 Å². The number of rotatable bonds is 5. The second kappa shape index (κ2) is 6.00. The average Bonchev–Trinajstić information content (AvgIpc) is 2.22. The molecule has 1 heterocycles. The summed E-state index contributed by atoms with van der Waals surface area (Å²) in [7, 11) is 0. The molecule has 0 spiro atoms. The van der Waals surface area contributed by atoms with E-state index in [0.29, 0.717) is 19.1 Å². The van der Waals surface area contributed by atoms with E-state index < -0.39 is 17.2 Å². The van der Waals surface area contributed by atoms with Crippen LogP contribution in [0.15, 0.2) is 15.7 Å². The number of aromatic nitrogens is 2. The Bertz CT molecular complexity index is 461. The van der Waals surface area contributed by atoms with Crippen molar-refractivity contribution in [1.82, 2.24) is 20.6 Å². The van der Waals surface area contributed by atoms with Gasteiger partial charge in [0.2, 0.25) is 0 Å². The van der Waals surface area contributed by atoms with Gasteiger partial charge in [0.1, 0.15) is 5.69 Å². The molecular weight excluding hydrogens is 224 g/mol. The van der Waals surface area contributed by atoms with Gasteiger partial charge in [-0.1, -0.05) is 13.8 Å². The van der Waals surface area contributed by atoms with Crippen LogP contribution in [0.4, 0.5) is 0 Å². The summed E-state index contributed by atoms with van der Waals surface area (Å²) in [4.78, 5) is 37.7. The molecular formula is C10H16N4O3. The van der Waals surface area contributed by atoms with Gasteiger partial charge in [-0.25, -0.2) is 4.79 Å². The first-order valence-corrected chi connectivity index (χ1v) is 5.34. The van der Waals surface area contributed by atoms with Gasteiger partial charge in [0.25, 0.3) is 11.5 Å². The maximum absolute atomic E-state index is 11.5. The molecule has 7 nitrogen and oxygen atoms in total. The molecule has 0 aliphatic rings. The van der Waals surface area contributed by atoms with Crippen molar-refractivity contribution >= 4 is 5.91 Å². The molecule has 1 rings (SSSR count). The van der Waals surface area contributed by atoms with E-state index in [1.807, 2.05) is 18.8 Å². The molecule has 1 aromatic heterocycles. The smallest absolute Gasteiger partial charge is 0.326 e. The fraction of sp³-hybridized carbons (Fsp3) is 0.500. The van der Waals surface area contributed by atoms with Gasteiger partial charge in [0, 0.05) is 25.2 Å². The molecule has 0 atom stereocenters. The Morgan fingerprint density at radius 3 is 2.59 bits per heavy atom. The summed E-state index contributed by atoms with van der Waals surface area (Å²) < 4.78 is 0. The highest BCUT2D eigenvalue weighted by Crippen LogP contribution is 1.84. The highest BCUT2D eigenvalue weighted by atomic mass is 16.2. The summed E-state index contributed by atoms with van der Waals surface area (Å²) in [5, 5.41) is 5.70. The van der Waals surface area contributed by atoms with Crippen molar-refractivity contribution in [3.05, 3.63) is 32.6 Å². The van der Waals surface area contributed by atoms with Crippen LogP contribution in [0.5, 0.6) is 0 Å². The minimum absolute atomic E-state index is 0.0386. The first-order chi connectivity index (χ1) is 7.99. The van der Waals surface area contributed by atoms with Gasteiger partial charge in [-0.3, -0.25) is 14.6 Å². The Hall–Kier alpha value is -1.89. The number of carbonyl (C=O) groups excluding carboxylic acids is 1. The van der Waals surface area contributed by atoms with Crippen LogP contribution in [0.3, 0.4) is 0 Å². The molecule has 0 aliphatic carbocycles. The van der Waals surface area contributed by atoms with Crippen molar-refractivity contribution in [3.63, 3.8) is 0 Å². The number of hydrogen-bond acceptors (Lipinski definition) is 4. The van der Waals surface area contributed by atoms with E-state index >= 15 is 0 Å². The summed E-state index contributed by atoms with van der Waals surface area (Å²) in [5.41, 5.74) is -1.33. The number of aromatic amines is 2. The van der Waals surface area contributed by atoms with Crippen LogP contribution >= 0.6 is 0 Å². The second-order valence-electron chi connectivity index (χ2n) is 3.87. The van der Waals surface area contributed by atoms with E-state index in [4.69, 9.17) is 0 Å². The molecule has 94 valence electrons. The van der Waals surface area contributed by atoms with Crippen LogP contribution in [-0.4, -0.2) is 35.0 Å². The Morgan fingerprint density at radius 2 is 2.00 bits per heavy atom. The predicted octanol–water partition coefficient (Wildman–Crippen LogP) is -1.21. The number of nitrogens with one attached hydrogen (secondary N) is 4. The molecule has 0 aliphatic heterocycles. The summed E-state index contributed by atoms with van der Waals surface area (Å²) >= 11 is 0. The summed E-state index contributed by atoms with van der Waals surface area (Å²) in [6.45, 7) is 5.04. The monoisotopic (exact) mass is 240 g/mol. The summed E-state index contributed by atoms with van der Waals surface area (Å²) in [6, 6.07) is 1.39. The minimum Gasteiger partial charge on any atom is -0.349 e. The lowest BCUT2D eigenvalue weighted by Gasteiger charge is -2.08. The lowest BCUT2D eigenvalue weighted by atomic mass is 10.3. The van der Waals surface area contributed by atoms with E-state index in [2.05, 4.69) is 15.6 Å². The Morgan fingerprint density at radius 1 is 1.29 bits per heavy atom. The molecule has 0 radical (unpaired) electrons. The topological polar surface area (TPSA) is 107 Å². The predicted molar refractivity (Wildman–Crippen MR) is 63.2 cm³/mol. The Kier molecular flexibility index (Phi) is 4.65. The average molecular weight is 240 g/mol. The molecule has 0 saturated carbocycles. The Labute approximate surface area is 97.6 Å². The van der Waals surface area contributed by atoms with Gasteiger partial charge in [-0.15, -0.1) is 0 Å². The normalized spacial score (nSPS) is 10.5. The van der Waals surface area contributed by atoms with E-state index in [0.717, 1.165) is 6.07 Å². The SMILES string of the molecule is CC(C)NCCNC(=O)c1cc(=O)[nH]c(=O)[nH]1. The minimum atomic E-state index is -0.692. The van der Waals surface area contributed by atoms with E-state index in [9.17, 15) is 14.4 Å². The van der Waals surface area contributed by atoms with Crippen molar-refractivity contribution in [2.45, 2.75) is 19.9 Å². The molecule has 4 N–H and O–H groups in total. The molecule has 0 saturated heterocycles. The van der Waals surface area contributed by atoms with Crippen molar-refractivity contribution in [2.24, 2.45) is 0 Å². The van der Waals surface area contributed by atoms with Gasteiger partial charge < -0.3 is 15.6 Å². The number of amides is 1. The van der Waals surface area contributed by atoms with Crippen molar-refractivity contribution < 1.29 is 4.79 Å². The highest BCUT2D eigenvalue weighted by Gasteiger charge is 2.06. The fourth-order valence-electron chi connectivity index (χ4n) is 1.22. The lowest BCUT2D eigenvalue weighted by Crippen LogP contribution is -2.36. The van der Waals surface area contributed by atoms with Crippen LogP contribution in [0.25, 0.3) is 0 Å². The standard InChI is InChI=1S/C10H16N4O3/c1-6(2)11-3-4-12-9(16)7-5-8(15)14-10(17)13-7/h5-6,11H,3-4H2,1-2H3,(H,12,16)(H2,13,14,15,17). The van der Waals surface area contributed by atoms with E-state index in [1.54, 1.807) is 0 Å². The zero-order valence-electron chi connectivity index (χ0n) is 9.79. The highest BCUT2D eigenvalue weighted by molar-refractivity contribution is 5.91. The lowest BCUT2D eigenvalue weighted by molar-refractivity contribution is 0.0948. The first-order valence-electron chi connectivity index (χ1n) is 5.34. The molecule has 0 unspecified atom stereocenters. The Balaban J connectivity index is 2.53. The van der Waals surface area contributed by atoms with E-state index in [1.165, 1.54) is 0 Å². The fourth-order valence-corrected chi connectivity index (χ4v) is 1.22. The van der Waals surface area contributed by atoms with Crippen molar-refractivity contribution in [3.8, 4) is 0 Å². The van der Waals surface area contributed by atoms with Crippen LogP contribution in [0, 0.1) is 0 Å². The largest absolute Gasteiger partial charge is 0.349 e. The molecule has 1 aromatic rings. The molecule has 17 heavy (non-hydrogen) atoms. The molecule has 1 amide bonds. The summed E-state index contributed by atoms with van der Waals surface area (Å²) in [6.07, 6.45) is 0. The van der Waals surface area contributed by atoms with Gasteiger partial charge in [-0.05, 0) is 0 Å². The number of carbonyl (C=O) groups is 1. The van der Waals surface area contributed by atoms with Gasteiger partial charge >= 0.3 is 5.69 Å². The maximum atomic E-state index is 11.5. The van der Waals surface area contributed by atoms with Gasteiger partial charge in [0.15, 0.2) is 0 Å². The zero-order chi connectivity index (χ0) is 12.8. The third-order valence-corrected chi connectivity index (χ3v) is 1.97. The van der Waals surface area contributed by atoms with Gasteiger partial charge in [-0.2, -0.15) is 0 Å². The molecule has 0 aromatic carbocycles. The van der Waals surface area contributed by atoms with Crippen molar-refractivity contribution in [1.29, 1.82) is 0 Å². The van der Waals surface area contributed by atoms with Crippen LogP contribution in [0.1, 0.15) is 24.3 Å². The van der Waals surface area contributed by atoms with Crippen LogP contribution in [-0.2, 0) is 0 Å². The molecule has 0 bridgehead atoms. The van der Waals surface area contributed by atoms with Crippen molar-refractivity contribution in [2.75, 3.05) is 13.1 Å². The maximum Gasteiger partial charge on any atom is 0.326 e. The second-order valence-corrected chi connectivity index (χ2v) is 3.87. The third kappa shape index (κ3) is 4.64. The number of hydrogen-bond donors (Lipinski definition) is 4. The number of H-pyrrole nitrogens is 2. The first kappa shape index (κ1) is 13.2. The molecule has 0 fully saturated rings. The molecule has 7 heteroatoms. The zero-order valence-corrected chi connectivity index (χ0v) is 9.79. The summed E-state index contributed by atoms with van der Waals surface area (Å²) in [5.74, 6) is -0.473. The van der Waals surface area contributed by atoms with Gasteiger partial charge in [0.05, 0.1) is 0 Å². The quantitative estimate of drug-likeness (QED) is 0.484. The van der Waals surface area contributed by atoms with Crippen LogP contribution in [0.2, 0.25) is 0 Å².